The van der Waals surface area contributed by atoms with Gasteiger partial charge in [-0.2, -0.15) is 0 Å². The molecule has 4 nitrogen and oxygen atoms in total. The molecule has 90 valence electrons. The fourth-order valence-corrected chi connectivity index (χ4v) is 1.54. The Bertz CT molecular complexity index is 308. The summed E-state index contributed by atoms with van der Waals surface area (Å²) in [5.74, 6) is 0.675. The lowest BCUT2D eigenvalue weighted by Crippen LogP contribution is -2.39. The number of ether oxygens (including phenoxy) is 1. The smallest absolute Gasteiger partial charge is 0.323 e. The van der Waals surface area contributed by atoms with Gasteiger partial charge in [-0.1, -0.05) is 6.92 Å². The molecule has 1 aromatic rings. The van der Waals surface area contributed by atoms with E-state index < -0.39 is 0 Å². The molecular formula is C12H19NO3. The van der Waals surface area contributed by atoms with Crippen LogP contribution in [0.2, 0.25) is 0 Å². The standard InChI is InChI=1S/C12H19NO3/c1-4-13(9-11-7-6-8-16-11)10(3)12(14)15-5-2/h6-8,10H,4-5,9H2,1-3H3. The van der Waals surface area contributed by atoms with Crippen LogP contribution in [-0.2, 0) is 16.1 Å². The van der Waals surface area contributed by atoms with Crippen LogP contribution >= 0.6 is 0 Å². The first-order valence-corrected chi connectivity index (χ1v) is 5.62. The van der Waals surface area contributed by atoms with Crippen molar-refractivity contribution in [2.45, 2.75) is 33.4 Å². The minimum atomic E-state index is -0.241. The van der Waals surface area contributed by atoms with Gasteiger partial charge >= 0.3 is 5.97 Å². The van der Waals surface area contributed by atoms with Crippen molar-refractivity contribution in [3.8, 4) is 0 Å². The van der Waals surface area contributed by atoms with Crippen LogP contribution in [0.5, 0.6) is 0 Å². The summed E-state index contributed by atoms with van der Waals surface area (Å²) in [5.41, 5.74) is 0. The second kappa shape index (κ2) is 6.33. The molecule has 0 saturated heterocycles. The van der Waals surface area contributed by atoms with E-state index in [1.807, 2.05) is 37.8 Å². The van der Waals surface area contributed by atoms with E-state index in [0.717, 1.165) is 12.3 Å². The topological polar surface area (TPSA) is 42.7 Å². The quantitative estimate of drug-likeness (QED) is 0.695. The summed E-state index contributed by atoms with van der Waals surface area (Å²) >= 11 is 0. The fourth-order valence-electron chi connectivity index (χ4n) is 1.54. The number of nitrogens with zero attached hydrogens (tertiary/aromatic N) is 1. The molecule has 1 atom stereocenters. The summed E-state index contributed by atoms with van der Waals surface area (Å²) in [7, 11) is 0. The van der Waals surface area contributed by atoms with E-state index in [1.165, 1.54) is 0 Å². The average Bonchev–Trinajstić information content (AvgIpc) is 2.78. The number of carbonyl (C=O) groups is 1. The molecule has 0 aromatic carbocycles. The van der Waals surface area contributed by atoms with Crippen LogP contribution in [0.3, 0.4) is 0 Å². The molecule has 1 aromatic heterocycles. The highest BCUT2D eigenvalue weighted by molar-refractivity contribution is 5.75. The van der Waals surface area contributed by atoms with Gasteiger partial charge in [0.2, 0.25) is 0 Å². The van der Waals surface area contributed by atoms with Gasteiger partial charge in [-0.25, -0.2) is 0 Å². The summed E-state index contributed by atoms with van der Waals surface area (Å²) in [6.45, 7) is 7.50. The zero-order valence-corrected chi connectivity index (χ0v) is 10.1. The maximum Gasteiger partial charge on any atom is 0.323 e. The minimum absolute atomic E-state index is 0.184. The predicted octanol–water partition coefficient (Wildman–Crippen LogP) is 2.05. The lowest BCUT2D eigenvalue weighted by Gasteiger charge is -2.24. The number of esters is 1. The van der Waals surface area contributed by atoms with Crippen LogP contribution in [0, 0.1) is 0 Å². The molecule has 0 aliphatic carbocycles. The zero-order chi connectivity index (χ0) is 12.0. The normalized spacial score (nSPS) is 12.8. The maximum atomic E-state index is 11.6. The summed E-state index contributed by atoms with van der Waals surface area (Å²) in [4.78, 5) is 13.6. The fraction of sp³-hybridized carbons (Fsp3) is 0.583. The van der Waals surface area contributed by atoms with Crippen LogP contribution in [-0.4, -0.2) is 30.1 Å². The van der Waals surface area contributed by atoms with E-state index in [-0.39, 0.29) is 12.0 Å². The molecule has 0 fully saturated rings. The number of carbonyl (C=O) groups excluding carboxylic acids is 1. The van der Waals surface area contributed by atoms with E-state index in [0.29, 0.717) is 13.2 Å². The molecule has 0 radical (unpaired) electrons. The Labute approximate surface area is 96.2 Å². The third-order valence-corrected chi connectivity index (χ3v) is 2.52. The molecule has 0 spiro atoms. The van der Waals surface area contributed by atoms with Crippen molar-refractivity contribution < 1.29 is 13.9 Å². The lowest BCUT2D eigenvalue weighted by atomic mass is 10.2. The second-order valence-electron chi connectivity index (χ2n) is 3.57. The molecule has 16 heavy (non-hydrogen) atoms. The van der Waals surface area contributed by atoms with Gasteiger partial charge < -0.3 is 9.15 Å². The van der Waals surface area contributed by atoms with Crippen LogP contribution in [0.1, 0.15) is 26.5 Å². The molecule has 0 aliphatic heterocycles. The highest BCUT2D eigenvalue weighted by Crippen LogP contribution is 2.09. The predicted molar refractivity (Wildman–Crippen MR) is 60.9 cm³/mol. The highest BCUT2D eigenvalue weighted by Gasteiger charge is 2.21. The monoisotopic (exact) mass is 225 g/mol. The Morgan fingerprint density at radius 1 is 1.56 bits per heavy atom. The van der Waals surface area contributed by atoms with Crippen LogP contribution in [0.15, 0.2) is 22.8 Å². The Balaban J connectivity index is 2.56. The van der Waals surface area contributed by atoms with E-state index in [9.17, 15) is 4.79 Å². The van der Waals surface area contributed by atoms with Gasteiger partial charge in [0.25, 0.3) is 0 Å². The van der Waals surface area contributed by atoms with Gasteiger partial charge in [0.05, 0.1) is 19.4 Å². The van der Waals surface area contributed by atoms with Gasteiger partial charge in [-0.3, -0.25) is 9.69 Å². The summed E-state index contributed by atoms with van der Waals surface area (Å²) in [6.07, 6.45) is 1.64. The van der Waals surface area contributed by atoms with E-state index in [1.54, 1.807) is 6.26 Å². The summed E-state index contributed by atoms with van der Waals surface area (Å²) in [5, 5.41) is 0. The Hall–Kier alpha value is -1.29. The summed E-state index contributed by atoms with van der Waals surface area (Å²) in [6, 6.07) is 3.51. The molecule has 0 bridgehead atoms. The van der Waals surface area contributed by atoms with Crippen LogP contribution < -0.4 is 0 Å². The largest absolute Gasteiger partial charge is 0.468 e. The van der Waals surface area contributed by atoms with Gasteiger partial charge in [0, 0.05) is 0 Å². The molecular weight excluding hydrogens is 206 g/mol. The van der Waals surface area contributed by atoms with Crippen LogP contribution in [0.4, 0.5) is 0 Å². The zero-order valence-electron chi connectivity index (χ0n) is 10.1. The first-order chi connectivity index (χ1) is 7.69. The van der Waals surface area contributed by atoms with Crippen molar-refractivity contribution in [1.82, 2.24) is 4.90 Å². The Morgan fingerprint density at radius 2 is 2.31 bits per heavy atom. The first-order valence-electron chi connectivity index (χ1n) is 5.62. The highest BCUT2D eigenvalue weighted by atomic mass is 16.5. The first kappa shape index (κ1) is 12.8. The van der Waals surface area contributed by atoms with Crippen molar-refractivity contribution in [3.63, 3.8) is 0 Å². The molecule has 0 N–H and O–H groups in total. The van der Waals surface area contributed by atoms with Crippen molar-refractivity contribution in [3.05, 3.63) is 24.2 Å². The van der Waals surface area contributed by atoms with E-state index >= 15 is 0 Å². The van der Waals surface area contributed by atoms with Gasteiger partial charge in [-0.05, 0) is 32.5 Å². The molecule has 0 aliphatic rings. The van der Waals surface area contributed by atoms with Crippen molar-refractivity contribution in [2.24, 2.45) is 0 Å². The SMILES string of the molecule is CCOC(=O)C(C)N(CC)Cc1ccco1. The van der Waals surface area contributed by atoms with Gasteiger partial charge in [0.15, 0.2) is 0 Å². The van der Waals surface area contributed by atoms with Gasteiger partial charge in [-0.15, -0.1) is 0 Å². The molecule has 1 unspecified atom stereocenters. The Morgan fingerprint density at radius 3 is 2.81 bits per heavy atom. The van der Waals surface area contributed by atoms with E-state index in [4.69, 9.17) is 9.15 Å². The number of hydrogen-bond acceptors (Lipinski definition) is 4. The Kier molecular flexibility index (Phi) is 5.05. The van der Waals surface area contributed by atoms with Crippen molar-refractivity contribution >= 4 is 5.97 Å². The number of likely N-dealkylation sites (N-methyl/N-ethyl adjacent to an activating group) is 1. The maximum absolute atomic E-state index is 11.6. The van der Waals surface area contributed by atoms with Crippen molar-refractivity contribution in [2.75, 3.05) is 13.2 Å². The molecule has 1 rings (SSSR count). The van der Waals surface area contributed by atoms with Crippen LogP contribution in [0.25, 0.3) is 0 Å². The summed E-state index contributed by atoms with van der Waals surface area (Å²) < 4.78 is 10.3. The molecule has 1 heterocycles. The molecule has 0 saturated carbocycles. The average molecular weight is 225 g/mol. The van der Waals surface area contributed by atoms with E-state index in [2.05, 4.69) is 0 Å². The lowest BCUT2D eigenvalue weighted by molar-refractivity contribution is -0.149. The number of hydrogen-bond donors (Lipinski definition) is 0. The third kappa shape index (κ3) is 3.38. The molecule has 4 heteroatoms. The minimum Gasteiger partial charge on any atom is -0.468 e. The number of furan rings is 1. The third-order valence-electron chi connectivity index (χ3n) is 2.52. The van der Waals surface area contributed by atoms with Crippen molar-refractivity contribution in [1.29, 1.82) is 0 Å². The van der Waals surface area contributed by atoms with Gasteiger partial charge in [0.1, 0.15) is 11.8 Å². The molecule has 0 amide bonds. The second-order valence-corrected chi connectivity index (χ2v) is 3.57. The number of rotatable bonds is 6.